The lowest BCUT2D eigenvalue weighted by Crippen LogP contribution is -2.51. The van der Waals surface area contributed by atoms with Crippen molar-refractivity contribution in [2.24, 2.45) is 0 Å². The number of aromatic nitrogens is 3. The van der Waals surface area contributed by atoms with E-state index in [4.69, 9.17) is 21.6 Å². The number of nitrogens with zero attached hydrogens (tertiary/aromatic N) is 7. The summed E-state index contributed by atoms with van der Waals surface area (Å²) in [4.78, 5) is 45.3. The number of hydrogen-bond donors (Lipinski definition) is 1. The number of fused-ring (bicyclic) bond motifs is 2. The molecule has 0 bridgehead atoms. The first-order chi connectivity index (χ1) is 23.5. The van der Waals surface area contributed by atoms with Gasteiger partial charge in [-0.3, -0.25) is 4.79 Å². The predicted molar refractivity (Wildman–Crippen MR) is 196 cm³/mol. The number of halogens is 2. The van der Waals surface area contributed by atoms with Gasteiger partial charge in [0.05, 0.1) is 5.39 Å². The van der Waals surface area contributed by atoms with Crippen LogP contribution in [0.15, 0.2) is 61.1 Å². The van der Waals surface area contributed by atoms with Crippen LogP contribution in [0.25, 0.3) is 22.2 Å². The van der Waals surface area contributed by atoms with Crippen molar-refractivity contribution in [3.8, 4) is 11.1 Å². The van der Waals surface area contributed by atoms with Crippen LogP contribution < -0.4 is 10.2 Å². The molecule has 0 saturated carbocycles. The lowest BCUT2D eigenvalue weighted by Gasteiger charge is -2.40. The second kappa shape index (κ2) is 14.5. The summed E-state index contributed by atoms with van der Waals surface area (Å²) in [5.74, 6) is 0.965. The van der Waals surface area contributed by atoms with E-state index in [0.29, 0.717) is 30.7 Å². The van der Waals surface area contributed by atoms with Gasteiger partial charge in [-0.25, -0.2) is 14.8 Å². The second-order valence-electron chi connectivity index (χ2n) is 13.7. The van der Waals surface area contributed by atoms with Crippen molar-refractivity contribution in [2.45, 2.75) is 70.1 Å². The smallest absolute Gasteiger partial charge is 0.322 e. The van der Waals surface area contributed by atoms with Crippen LogP contribution in [0.5, 0.6) is 0 Å². The fraction of sp³-hybridized carbons (Fsp3) is 0.459. The average Bonchev–Trinajstić information content (AvgIpc) is 3.50. The topological polar surface area (TPSA) is 89.8 Å². The number of piperidine rings is 3. The molecule has 4 aliphatic rings. The summed E-state index contributed by atoms with van der Waals surface area (Å²) in [5.41, 5.74) is 4.62. The minimum atomic E-state index is -0.0596. The number of hydrogen-bond acceptors (Lipinski definition) is 6. The summed E-state index contributed by atoms with van der Waals surface area (Å²) in [6, 6.07) is 16.5. The third-order valence-electron chi connectivity index (χ3n) is 10.9. The van der Waals surface area contributed by atoms with E-state index in [2.05, 4.69) is 21.2 Å². The average molecular weight is 704 g/mol. The molecule has 3 fully saturated rings. The first kappa shape index (κ1) is 33.6. The Balaban J connectivity index is 0.00000378. The third-order valence-corrected chi connectivity index (χ3v) is 11.2. The second-order valence-corrected chi connectivity index (χ2v) is 14.1. The van der Waals surface area contributed by atoms with E-state index in [9.17, 15) is 9.59 Å². The van der Waals surface area contributed by atoms with Crippen LogP contribution in [-0.4, -0.2) is 92.5 Å². The Hall–Kier alpha value is -3.86. The molecule has 3 saturated heterocycles. The highest BCUT2D eigenvalue weighted by Crippen LogP contribution is 2.39. The highest BCUT2D eigenvalue weighted by molar-refractivity contribution is 6.33. The third kappa shape index (κ3) is 6.70. The van der Waals surface area contributed by atoms with Gasteiger partial charge in [0.2, 0.25) is 5.91 Å². The lowest BCUT2D eigenvalue weighted by atomic mass is 9.99. The molecule has 2 aromatic carbocycles. The molecule has 0 unspecified atom stereocenters. The maximum absolute atomic E-state index is 13.8. The number of carbonyl (C=O) groups is 2. The van der Waals surface area contributed by atoms with E-state index in [0.717, 1.165) is 78.0 Å². The molecule has 0 atom stereocenters. The van der Waals surface area contributed by atoms with Gasteiger partial charge in [-0.1, -0.05) is 54.4 Å². The Bertz CT molecular complexity index is 1810. The number of anilines is 2. The minimum Gasteiger partial charge on any atom is -0.356 e. The fourth-order valence-electron chi connectivity index (χ4n) is 8.27. The number of rotatable bonds is 6. The normalized spacial score (nSPS) is 19.4. The van der Waals surface area contributed by atoms with Gasteiger partial charge in [-0.2, -0.15) is 0 Å². The quantitative estimate of drug-likeness (QED) is 0.242. The van der Waals surface area contributed by atoms with E-state index in [1.54, 1.807) is 6.33 Å². The van der Waals surface area contributed by atoms with Gasteiger partial charge in [0.15, 0.2) is 0 Å². The molecule has 258 valence electrons. The first-order valence-corrected chi connectivity index (χ1v) is 17.9. The Labute approximate surface area is 298 Å². The Morgan fingerprint density at radius 2 is 1.55 bits per heavy atom. The zero-order valence-corrected chi connectivity index (χ0v) is 29.3. The van der Waals surface area contributed by atoms with Gasteiger partial charge < -0.3 is 29.5 Å². The Morgan fingerprint density at radius 1 is 0.837 bits per heavy atom. The van der Waals surface area contributed by atoms with Crippen molar-refractivity contribution in [3.05, 3.63) is 71.6 Å². The zero-order chi connectivity index (χ0) is 32.6. The molecular weight excluding hydrogens is 659 g/mol. The van der Waals surface area contributed by atoms with Crippen LogP contribution >= 0.6 is 24.0 Å². The van der Waals surface area contributed by atoms with Crippen LogP contribution in [0.3, 0.4) is 0 Å². The van der Waals surface area contributed by atoms with Crippen molar-refractivity contribution >= 4 is 58.5 Å². The molecule has 0 radical (unpaired) electrons. The van der Waals surface area contributed by atoms with Crippen molar-refractivity contribution in [2.75, 3.05) is 49.5 Å². The van der Waals surface area contributed by atoms with Gasteiger partial charge in [-0.15, -0.1) is 12.4 Å². The number of para-hydroxylation sites is 1. The van der Waals surface area contributed by atoms with E-state index in [-0.39, 0.29) is 36.9 Å². The number of benzene rings is 2. The summed E-state index contributed by atoms with van der Waals surface area (Å²) in [7, 11) is 0. The molecule has 0 aliphatic carbocycles. The highest BCUT2D eigenvalue weighted by Gasteiger charge is 2.33. The largest absolute Gasteiger partial charge is 0.356 e. The molecule has 8 rings (SSSR count). The van der Waals surface area contributed by atoms with Crippen molar-refractivity contribution in [1.29, 1.82) is 0 Å². The van der Waals surface area contributed by atoms with Gasteiger partial charge in [0, 0.05) is 72.8 Å². The summed E-state index contributed by atoms with van der Waals surface area (Å²) in [5, 5.41) is 4.64. The molecule has 0 spiro atoms. The monoisotopic (exact) mass is 702 g/mol. The van der Waals surface area contributed by atoms with E-state index in [1.807, 2.05) is 63.0 Å². The first-order valence-electron chi connectivity index (χ1n) is 17.5. The highest BCUT2D eigenvalue weighted by atomic mass is 35.5. The predicted octanol–water partition coefficient (Wildman–Crippen LogP) is 6.67. The molecule has 2 aromatic heterocycles. The van der Waals surface area contributed by atoms with Crippen molar-refractivity contribution < 1.29 is 9.59 Å². The zero-order valence-electron chi connectivity index (χ0n) is 27.8. The van der Waals surface area contributed by atoms with E-state index >= 15 is 0 Å². The molecular formula is C37H44Cl2N8O2. The Morgan fingerprint density at radius 3 is 2.33 bits per heavy atom. The summed E-state index contributed by atoms with van der Waals surface area (Å²) < 4.78 is 1.98. The number of likely N-dealkylation sites (tertiary alicyclic amines) is 2. The maximum atomic E-state index is 13.8. The number of carbonyl (C=O) groups excluding carboxylic acids is 2. The summed E-state index contributed by atoms with van der Waals surface area (Å²) in [6.07, 6.45) is 11.4. The lowest BCUT2D eigenvalue weighted by molar-refractivity contribution is -0.133. The fourth-order valence-corrected chi connectivity index (χ4v) is 8.51. The van der Waals surface area contributed by atoms with Crippen LogP contribution in [0.1, 0.15) is 50.5 Å². The van der Waals surface area contributed by atoms with Gasteiger partial charge >= 0.3 is 6.03 Å². The number of nitrogens with one attached hydrogen (secondary N) is 1. The van der Waals surface area contributed by atoms with Crippen LogP contribution in [-0.2, 0) is 17.9 Å². The molecule has 6 heterocycles. The SMILES string of the molecule is Cl.O=C(Cn1cc(-c2ccccc2Cl)c2c(N3CCC(N4CCCCC4)CC3)ncnc21)N1CCC(N2Cc3ccccc3NC2=O)CC1. The van der Waals surface area contributed by atoms with Crippen LogP contribution in [0.2, 0.25) is 5.02 Å². The molecule has 10 nitrogen and oxygen atoms in total. The van der Waals surface area contributed by atoms with Gasteiger partial charge in [0.25, 0.3) is 0 Å². The molecule has 4 aromatic rings. The number of urea groups is 1. The molecule has 12 heteroatoms. The Kier molecular flexibility index (Phi) is 9.99. The molecule has 4 aliphatic heterocycles. The molecule has 3 amide bonds. The summed E-state index contributed by atoms with van der Waals surface area (Å²) >= 11 is 6.78. The molecule has 49 heavy (non-hydrogen) atoms. The standard InChI is InChI=1S/C37H43ClN8O2.ClH/c38-31-10-4-3-9-29(31)30-23-45(36-34(30)35(39-25-40-36)44-20-12-27(13-21-44)42-16-6-1-7-17-42)24-33(47)43-18-14-28(15-19-43)46-22-26-8-2-5-11-32(26)41-37(46)48;/h2-5,8-11,23,25,27-28H,1,6-7,12-22,24H2,(H,41,48);1H. The number of amides is 3. The van der Waals surface area contributed by atoms with Crippen molar-refractivity contribution in [1.82, 2.24) is 29.2 Å². The molecule has 1 N–H and O–H groups in total. The van der Waals surface area contributed by atoms with E-state index < -0.39 is 0 Å². The van der Waals surface area contributed by atoms with Gasteiger partial charge in [-0.05, 0) is 69.3 Å². The van der Waals surface area contributed by atoms with Crippen LogP contribution in [0.4, 0.5) is 16.3 Å². The van der Waals surface area contributed by atoms with Crippen molar-refractivity contribution in [3.63, 3.8) is 0 Å². The maximum Gasteiger partial charge on any atom is 0.322 e. The summed E-state index contributed by atoms with van der Waals surface area (Å²) in [6.45, 7) is 6.31. The minimum absolute atomic E-state index is 0. The van der Waals surface area contributed by atoms with Gasteiger partial charge in [0.1, 0.15) is 24.3 Å². The van der Waals surface area contributed by atoms with E-state index in [1.165, 1.54) is 32.4 Å². The van der Waals surface area contributed by atoms with Crippen LogP contribution in [0, 0.1) is 0 Å².